The number of thioether (sulfide) groups is 1. The van der Waals surface area contributed by atoms with E-state index in [0.717, 1.165) is 12.2 Å². The topological polar surface area (TPSA) is 24.9 Å². The summed E-state index contributed by atoms with van der Waals surface area (Å²) in [5.74, 6) is 0. The molecule has 0 aromatic carbocycles. The molecule has 0 aliphatic carbocycles. The molecule has 72 valence electrons. The zero-order chi connectivity index (χ0) is 9.68. The Kier molecular flexibility index (Phi) is 4.39. The number of rotatable bonds is 4. The molecule has 1 N–H and O–H groups in total. The highest BCUT2D eigenvalue weighted by Crippen LogP contribution is 2.19. The molecule has 1 rings (SSSR count). The summed E-state index contributed by atoms with van der Waals surface area (Å²) in [4.78, 5) is 3.92. The quantitative estimate of drug-likeness (QED) is 0.838. The molecular formula is C9H13ClN2S. The molecule has 13 heavy (non-hydrogen) atoms. The third-order valence-electron chi connectivity index (χ3n) is 1.75. The molecule has 2 nitrogen and oxygen atoms in total. The van der Waals surface area contributed by atoms with Crippen molar-refractivity contribution in [2.45, 2.75) is 12.2 Å². The van der Waals surface area contributed by atoms with Gasteiger partial charge in [0.2, 0.25) is 0 Å². The minimum absolute atomic E-state index is 0.587. The van der Waals surface area contributed by atoms with E-state index in [1.165, 1.54) is 0 Å². The van der Waals surface area contributed by atoms with Crippen molar-refractivity contribution < 1.29 is 0 Å². The van der Waals surface area contributed by atoms with E-state index in [4.69, 9.17) is 11.6 Å². The van der Waals surface area contributed by atoms with Crippen LogP contribution >= 0.6 is 23.4 Å². The largest absolute Gasteiger partial charge is 0.383 e. The number of nitrogens with zero attached hydrogens (tertiary/aromatic N) is 1. The molecule has 0 saturated heterocycles. The Bertz CT molecular complexity index is 268. The first-order valence-electron chi connectivity index (χ1n) is 4.10. The molecule has 0 saturated carbocycles. The molecule has 0 aliphatic heterocycles. The number of hydrogen-bond donors (Lipinski definition) is 1. The van der Waals surface area contributed by atoms with Gasteiger partial charge in [-0.2, -0.15) is 11.8 Å². The van der Waals surface area contributed by atoms with Gasteiger partial charge in [-0.1, -0.05) is 18.5 Å². The van der Waals surface area contributed by atoms with Gasteiger partial charge in [-0.25, -0.2) is 0 Å². The van der Waals surface area contributed by atoms with E-state index in [2.05, 4.69) is 23.5 Å². The molecule has 0 amide bonds. The van der Waals surface area contributed by atoms with Crippen LogP contribution in [0.15, 0.2) is 18.5 Å². The monoisotopic (exact) mass is 216 g/mol. The van der Waals surface area contributed by atoms with Gasteiger partial charge in [0.05, 0.1) is 10.7 Å². The van der Waals surface area contributed by atoms with Crippen LogP contribution in [0.1, 0.15) is 6.92 Å². The Labute approximate surface area is 88.1 Å². The smallest absolute Gasteiger partial charge is 0.0820 e. The van der Waals surface area contributed by atoms with E-state index in [1.54, 1.807) is 12.4 Å². The summed E-state index contributed by atoms with van der Waals surface area (Å²) in [6.45, 7) is 3.09. The predicted octanol–water partition coefficient (Wildman–Crippen LogP) is 2.90. The van der Waals surface area contributed by atoms with Gasteiger partial charge in [-0.3, -0.25) is 4.98 Å². The molecule has 0 fully saturated rings. The number of nitrogens with one attached hydrogen (secondary N) is 1. The normalized spacial score (nSPS) is 12.5. The first-order chi connectivity index (χ1) is 6.24. The standard InChI is InChI=1S/C9H13ClN2S/c1-7(13-2)5-12-9-3-4-11-6-8(9)10/h3-4,6-7H,5H2,1-2H3,(H,11,12). The molecule has 0 bridgehead atoms. The lowest BCUT2D eigenvalue weighted by Crippen LogP contribution is -2.12. The van der Waals surface area contributed by atoms with E-state index in [9.17, 15) is 0 Å². The van der Waals surface area contributed by atoms with Crippen LogP contribution in [-0.4, -0.2) is 23.0 Å². The van der Waals surface area contributed by atoms with Crippen LogP contribution in [0.4, 0.5) is 5.69 Å². The van der Waals surface area contributed by atoms with E-state index in [1.807, 2.05) is 17.8 Å². The molecular weight excluding hydrogens is 204 g/mol. The van der Waals surface area contributed by atoms with Crippen molar-refractivity contribution >= 4 is 29.1 Å². The summed E-state index contributed by atoms with van der Waals surface area (Å²) in [6, 6.07) is 1.88. The Morgan fingerprint density at radius 3 is 3.08 bits per heavy atom. The fourth-order valence-electron chi connectivity index (χ4n) is 0.856. The van der Waals surface area contributed by atoms with Gasteiger partial charge in [0.1, 0.15) is 0 Å². The van der Waals surface area contributed by atoms with Gasteiger partial charge in [-0.05, 0) is 12.3 Å². The van der Waals surface area contributed by atoms with Crippen molar-refractivity contribution in [1.29, 1.82) is 0 Å². The van der Waals surface area contributed by atoms with E-state index >= 15 is 0 Å². The predicted molar refractivity (Wildman–Crippen MR) is 60.7 cm³/mol. The van der Waals surface area contributed by atoms with E-state index in [0.29, 0.717) is 10.3 Å². The lowest BCUT2D eigenvalue weighted by molar-refractivity contribution is 1.00. The number of aromatic nitrogens is 1. The van der Waals surface area contributed by atoms with Crippen molar-refractivity contribution in [3.05, 3.63) is 23.5 Å². The fourth-order valence-corrected chi connectivity index (χ4v) is 1.29. The van der Waals surface area contributed by atoms with Crippen molar-refractivity contribution in [2.24, 2.45) is 0 Å². The van der Waals surface area contributed by atoms with Gasteiger partial charge in [0.25, 0.3) is 0 Å². The lowest BCUT2D eigenvalue weighted by atomic mass is 10.4. The van der Waals surface area contributed by atoms with Crippen molar-refractivity contribution in [1.82, 2.24) is 4.98 Å². The van der Waals surface area contributed by atoms with Crippen LogP contribution in [0.25, 0.3) is 0 Å². The summed E-state index contributed by atoms with van der Waals surface area (Å²) >= 11 is 7.75. The summed E-state index contributed by atoms with van der Waals surface area (Å²) in [5, 5.41) is 4.53. The van der Waals surface area contributed by atoms with Crippen molar-refractivity contribution in [2.75, 3.05) is 18.1 Å². The minimum Gasteiger partial charge on any atom is -0.383 e. The third-order valence-corrected chi connectivity index (χ3v) is 3.03. The Hall–Kier alpha value is -0.410. The van der Waals surface area contributed by atoms with Crippen LogP contribution in [0.3, 0.4) is 0 Å². The summed E-state index contributed by atoms with van der Waals surface area (Å²) in [5.41, 5.74) is 0.956. The summed E-state index contributed by atoms with van der Waals surface area (Å²) < 4.78 is 0. The molecule has 0 radical (unpaired) electrons. The highest BCUT2D eigenvalue weighted by Gasteiger charge is 2.01. The lowest BCUT2D eigenvalue weighted by Gasteiger charge is -2.11. The average Bonchev–Trinajstić information content (AvgIpc) is 2.16. The third kappa shape index (κ3) is 3.44. The summed E-state index contributed by atoms with van der Waals surface area (Å²) in [6.07, 6.45) is 5.48. The summed E-state index contributed by atoms with van der Waals surface area (Å²) in [7, 11) is 0. The van der Waals surface area contributed by atoms with Gasteiger partial charge >= 0.3 is 0 Å². The number of anilines is 1. The Balaban J connectivity index is 2.50. The molecule has 1 atom stereocenters. The van der Waals surface area contributed by atoms with Crippen LogP contribution in [-0.2, 0) is 0 Å². The molecule has 1 aromatic heterocycles. The van der Waals surface area contributed by atoms with Gasteiger partial charge in [0.15, 0.2) is 0 Å². The maximum absolute atomic E-state index is 5.92. The molecule has 0 spiro atoms. The maximum atomic E-state index is 5.92. The SMILES string of the molecule is CSC(C)CNc1ccncc1Cl. The van der Waals surface area contributed by atoms with Crippen LogP contribution < -0.4 is 5.32 Å². The molecule has 1 unspecified atom stereocenters. The second-order valence-corrected chi connectivity index (χ2v) is 4.47. The van der Waals surface area contributed by atoms with E-state index in [-0.39, 0.29) is 0 Å². The molecule has 1 heterocycles. The van der Waals surface area contributed by atoms with Crippen molar-refractivity contribution in [3.8, 4) is 0 Å². The molecule has 4 heteroatoms. The minimum atomic E-state index is 0.587. The maximum Gasteiger partial charge on any atom is 0.0820 e. The number of pyridine rings is 1. The first kappa shape index (κ1) is 10.7. The first-order valence-corrected chi connectivity index (χ1v) is 5.77. The van der Waals surface area contributed by atoms with E-state index < -0.39 is 0 Å². The molecule has 1 aromatic rings. The number of hydrogen-bond acceptors (Lipinski definition) is 3. The number of halogens is 1. The highest BCUT2D eigenvalue weighted by molar-refractivity contribution is 7.99. The zero-order valence-corrected chi connectivity index (χ0v) is 9.32. The second kappa shape index (κ2) is 5.35. The van der Waals surface area contributed by atoms with Gasteiger partial charge in [0, 0.05) is 24.2 Å². The Morgan fingerprint density at radius 1 is 1.69 bits per heavy atom. The van der Waals surface area contributed by atoms with Gasteiger partial charge < -0.3 is 5.32 Å². The van der Waals surface area contributed by atoms with Gasteiger partial charge in [-0.15, -0.1) is 0 Å². The Morgan fingerprint density at radius 2 is 2.46 bits per heavy atom. The van der Waals surface area contributed by atoms with Crippen LogP contribution in [0, 0.1) is 0 Å². The van der Waals surface area contributed by atoms with Crippen LogP contribution in [0.5, 0.6) is 0 Å². The fraction of sp³-hybridized carbons (Fsp3) is 0.444. The average molecular weight is 217 g/mol. The van der Waals surface area contributed by atoms with Crippen LogP contribution in [0.2, 0.25) is 5.02 Å². The molecule has 0 aliphatic rings. The zero-order valence-electron chi connectivity index (χ0n) is 7.75. The highest BCUT2D eigenvalue weighted by atomic mass is 35.5. The second-order valence-electron chi connectivity index (χ2n) is 2.78. The van der Waals surface area contributed by atoms with Crippen molar-refractivity contribution in [3.63, 3.8) is 0 Å².